The Bertz CT molecular complexity index is 829. The van der Waals surface area contributed by atoms with Crippen molar-refractivity contribution in [1.29, 1.82) is 0 Å². The van der Waals surface area contributed by atoms with E-state index in [0.717, 1.165) is 6.07 Å². The summed E-state index contributed by atoms with van der Waals surface area (Å²) in [5.41, 5.74) is -0.225. The Hall–Kier alpha value is -2.92. The van der Waals surface area contributed by atoms with Crippen LogP contribution in [0.5, 0.6) is 5.75 Å². The number of rotatable bonds is 7. The number of benzene rings is 1. The number of nitrogens with zero attached hydrogens (tertiary/aromatic N) is 1. The fraction of sp³-hybridized carbons (Fsp3) is 0.500. The van der Waals surface area contributed by atoms with Gasteiger partial charge in [-0.25, -0.2) is 0 Å². The van der Waals surface area contributed by atoms with Crippen LogP contribution in [0.15, 0.2) is 18.2 Å². The first-order valence-electron chi connectivity index (χ1n) is 8.80. The molecule has 4 atom stereocenters. The molecule has 0 aromatic heterocycles. The number of nitro benzene ring substituents is 1. The summed E-state index contributed by atoms with van der Waals surface area (Å²) >= 11 is 6.04. The number of nitro groups is 1. The molecule has 30 heavy (non-hydrogen) atoms. The Morgan fingerprint density at radius 3 is 2.37 bits per heavy atom. The number of non-ortho nitro benzene ring substituents is 1. The van der Waals surface area contributed by atoms with E-state index in [2.05, 4.69) is 0 Å². The van der Waals surface area contributed by atoms with E-state index in [9.17, 15) is 24.5 Å². The van der Waals surface area contributed by atoms with Crippen LogP contribution in [0.4, 0.5) is 5.69 Å². The topological polar surface area (TPSA) is 141 Å². The highest BCUT2D eigenvalue weighted by atomic mass is 35.5. The highest BCUT2D eigenvalue weighted by molar-refractivity contribution is 6.32. The van der Waals surface area contributed by atoms with E-state index in [0.29, 0.717) is 0 Å². The van der Waals surface area contributed by atoms with Crippen molar-refractivity contribution in [3.05, 3.63) is 33.3 Å². The van der Waals surface area contributed by atoms with Crippen molar-refractivity contribution in [2.45, 2.75) is 51.8 Å². The van der Waals surface area contributed by atoms with Crippen molar-refractivity contribution in [2.75, 3.05) is 6.61 Å². The molecule has 0 radical (unpaired) electrons. The highest BCUT2D eigenvalue weighted by Gasteiger charge is 2.44. The van der Waals surface area contributed by atoms with Gasteiger partial charge in [0, 0.05) is 32.9 Å². The molecular formula is C18H20ClNO10. The van der Waals surface area contributed by atoms with Crippen molar-refractivity contribution in [1.82, 2.24) is 0 Å². The Kier molecular flexibility index (Phi) is 7.95. The third-order valence-electron chi connectivity index (χ3n) is 3.94. The lowest BCUT2D eigenvalue weighted by Gasteiger charge is -2.39. The Labute approximate surface area is 176 Å². The van der Waals surface area contributed by atoms with Crippen LogP contribution in [0.3, 0.4) is 0 Å². The van der Waals surface area contributed by atoms with Gasteiger partial charge in [0.15, 0.2) is 6.10 Å². The third-order valence-corrected chi connectivity index (χ3v) is 4.23. The zero-order chi connectivity index (χ0) is 22.4. The number of ether oxygens (including phenoxy) is 5. The Balaban J connectivity index is 2.25. The molecule has 0 saturated carbocycles. The van der Waals surface area contributed by atoms with Gasteiger partial charge in [-0.3, -0.25) is 24.5 Å². The van der Waals surface area contributed by atoms with Gasteiger partial charge in [-0.2, -0.15) is 0 Å². The molecule has 1 aromatic rings. The van der Waals surface area contributed by atoms with E-state index in [1.807, 2.05) is 0 Å². The van der Waals surface area contributed by atoms with E-state index in [1.54, 1.807) is 0 Å². The fourth-order valence-electron chi connectivity index (χ4n) is 2.81. The van der Waals surface area contributed by atoms with E-state index in [1.165, 1.54) is 32.9 Å². The van der Waals surface area contributed by atoms with Crippen LogP contribution in [0.2, 0.25) is 5.02 Å². The second-order valence-electron chi connectivity index (χ2n) is 6.35. The average molecular weight is 446 g/mol. The van der Waals surface area contributed by atoms with E-state index >= 15 is 0 Å². The molecule has 1 saturated heterocycles. The van der Waals surface area contributed by atoms with Crippen LogP contribution < -0.4 is 4.74 Å². The predicted molar refractivity (Wildman–Crippen MR) is 99.8 cm³/mol. The molecule has 0 N–H and O–H groups in total. The number of hydrogen-bond acceptors (Lipinski definition) is 10. The van der Waals surface area contributed by atoms with Crippen molar-refractivity contribution in [3.8, 4) is 5.75 Å². The van der Waals surface area contributed by atoms with Crippen molar-refractivity contribution in [2.24, 2.45) is 0 Å². The van der Waals surface area contributed by atoms with Gasteiger partial charge >= 0.3 is 17.9 Å². The SMILES string of the molecule is CC(=O)OC[C@H]1O[C@@H](Oc2ccc([N+](=O)[O-])cc2Cl)C[C@@H](OC(C)=O)[C@@H]1OC(C)=O. The van der Waals surface area contributed by atoms with Crippen LogP contribution in [-0.4, -0.2) is 54.0 Å². The molecular weight excluding hydrogens is 426 g/mol. The maximum Gasteiger partial charge on any atom is 0.303 e. The Morgan fingerprint density at radius 2 is 1.83 bits per heavy atom. The largest absolute Gasteiger partial charge is 0.463 e. The first-order chi connectivity index (χ1) is 14.1. The summed E-state index contributed by atoms with van der Waals surface area (Å²) < 4.78 is 26.8. The van der Waals surface area contributed by atoms with Crippen LogP contribution in [0, 0.1) is 10.1 Å². The summed E-state index contributed by atoms with van der Waals surface area (Å²) in [4.78, 5) is 44.5. The van der Waals surface area contributed by atoms with Gasteiger partial charge in [0.05, 0.1) is 16.4 Å². The van der Waals surface area contributed by atoms with Gasteiger partial charge < -0.3 is 23.7 Å². The van der Waals surface area contributed by atoms with Crippen molar-refractivity contribution >= 4 is 35.2 Å². The minimum Gasteiger partial charge on any atom is -0.463 e. The number of esters is 3. The van der Waals surface area contributed by atoms with E-state index in [4.69, 9.17) is 35.3 Å². The average Bonchev–Trinajstić information content (AvgIpc) is 2.62. The van der Waals surface area contributed by atoms with Crippen LogP contribution >= 0.6 is 11.6 Å². The number of halogens is 1. The summed E-state index contributed by atoms with van der Waals surface area (Å²) in [5, 5.41) is 10.8. The molecule has 1 aromatic carbocycles. The first kappa shape index (κ1) is 23.4. The zero-order valence-electron chi connectivity index (χ0n) is 16.4. The van der Waals surface area contributed by atoms with Crippen LogP contribution in [0.1, 0.15) is 27.2 Å². The van der Waals surface area contributed by atoms with E-state index < -0.39 is 47.4 Å². The molecule has 0 bridgehead atoms. The van der Waals surface area contributed by atoms with Gasteiger partial charge in [-0.1, -0.05) is 11.6 Å². The predicted octanol–water partition coefficient (Wildman–Crippen LogP) is 2.17. The maximum absolute atomic E-state index is 11.5. The lowest BCUT2D eigenvalue weighted by molar-refractivity contribution is -0.384. The summed E-state index contributed by atoms with van der Waals surface area (Å²) in [6, 6.07) is 3.61. The fourth-order valence-corrected chi connectivity index (χ4v) is 3.03. The molecule has 0 unspecified atom stereocenters. The second-order valence-corrected chi connectivity index (χ2v) is 6.76. The molecule has 0 spiro atoms. The lowest BCUT2D eigenvalue weighted by atomic mass is 10.0. The smallest absolute Gasteiger partial charge is 0.303 e. The minimum absolute atomic E-state index is 0.0320. The monoisotopic (exact) mass is 445 g/mol. The normalized spacial score (nSPS) is 23.2. The summed E-state index contributed by atoms with van der Waals surface area (Å²) in [5.74, 6) is -1.78. The molecule has 1 fully saturated rings. The van der Waals surface area contributed by atoms with Gasteiger partial charge in [0.25, 0.3) is 5.69 Å². The highest BCUT2D eigenvalue weighted by Crippen LogP contribution is 2.33. The molecule has 1 aliphatic heterocycles. The van der Waals surface area contributed by atoms with Crippen molar-refractivity contribution < 1.29 is 43.0 Å². The first-order valence-corrected chi connectivity index (χ1v) is 9.18. The Morgan fingerprint density at radius 1 is 1.17 bits per heavy atom. The number of carbonyl (C=O) groups is 3. The summed E-state index contributed by atoms with van der Waals surface area (Å²) in [6.45, 7) is 3.26. The maximum atomic E-state index is 11.5. The molecule has 1 aliphatic rings. The molecule has 0 amide bonds. The zero-order valence-corrected chi connectivity index (χ0v) is 17.1. The minimum atomic E-state index is -1.04. The standard InChI is InChI=1S/C18H20ClNO10/c1-9(21)26-8-16-18(28-11(3)23)15(27-10(2)22)7-17(30-16)29-14-5-4-12(20(24)25)6-13(14)19/h4-6,15-18H,7-8H2,1-3H3/t15-,16-,17-,18+/m1/s1. The van der Waals surface area contributed by atoms with Crippen molar-refractivity contribution in [3.63, 3.8) is 0 Å². The number of hydrogen-bond donors (Lipinski definition) is 0. The van der Waals surface area contributed by atoms with E-state index in [-0.39, 0.29) is 29.5 Å². The van der Waals surface area contributed by atoms with Gasteiger partial charge in [0.2, 0.25) is 6.29 Å². The summed E-state index contributed by atoms with van der Waals surface area (Å²) in [7, 11) is 0. The molecule has 2 rings (SSSR count). The quantitative estimate of drug-likeness (QED) is 0.265. The van der Waals surface area contributed by atoms with Gasteiger partial charge in [0.1, 0.15) is 24.6 Å². The molecule has 1 heterocycles. The summed E-state index contributed by atoms with van der Waals surface area (Å²) in [6.07, 6.45) is -4.08. The van der Waals surface area contributed by atoms with Gasteiger partial charge in [-0.05, 0) is 6.07 Å². The third kappa shape index (κ3) is 6.56. The lowest BCUT2D eigenvalue weighted by Crippen LogP contribution is -2.54. The van der Waals surface area contributed by atoms with Crippen LogP contribution in [-0.2, 0) is 33.3 Å². The van der Waals surface area contributed by atoms with Crippen LogP contribution in [0.25, 0.3) is 0 Å². The van der Waals surface area contributed by atoms with Gasteiger partial charge in [-0.15, -0.1) is 0 Å². The molecule has 164 valence electrons. The second kappa shape index (κ2) is 10.2. The molecule has 12 heteroatoms. The molecule has 11 nitrogen and oxygen atoms in total. The number of carbonyl (C=O) groups excluding carboxylic acids is 3. The molecule has 0 aliphatic carbocycles.